The van der Waals surface area contributed by atoms with Crippen LogP contribution < -0.4 is 0 Å². The lowest BCUT2D eigenvalue weighted by Gasteiger charge is -2.07. The molecule has 134 valence electrons. The summed E-state index contributed by atoms with van der Waals surface area (Å²) < 4.78 is 5.21. The molecule has 3 nitrogen and oxygen atoms in total. The third kappa shape index (κ3) is 3.84. The molecular weight excluding hydrogens is 374 g/mol. The first-order valence-electron chi connectivity index (χ1n) is 8.63. The Morgan fingerprint density at radius 1 is 1.07 bits per heavy atom. The molecule has 0 spiro atoms. The first-order chi connectivity index (χ1) is 13.2. The van der Waals surface area contributed by atoms with Crippen molar-refractivity contribution in [3.63, 3.8) is 0 Å². The van der Waals surface area contributed by atoms with Crippen LogP contribution in [0, 0.1) is 0 Å². The maximum absolute atomic E-state index is 12.3. The van der Waals surface area contributed by atoms with E-state index in [0.717, 1.165) is 21.5 Å². The number of hydrogen-bond acceptors (Lipinski definition) is 5. The number of thiophene rings is 2. The summed E-state index contributed by atoms with van der Waals surface area (Å²) in [6.07, 6.45) is 3.98. The molecule has 0 fully saturated rings. The Labute approximate surface area is 165 Å². The molecule has 0 bridgehead atoms. The van der Waals surface area contributed by atoms with Crippen molar-refractivity contribution in [2.45, 2.75) is 6.92 Å². The molecule has 5 heteroatoms. The number of pyridine rings is 1. The SMILES string of the molecule is CCOC(=O)c1cc(C=Cc2ccc(-c3cccs3)s2)nc2ccccc12. The fourth-order valence-electron chi connectivity index (χ4n) is 2.82. The van der Waals surface area contributed by atoms with Gasteiger partial charge in [-0.3, -0.25) is 0 Å². The fourth-order valence-corrected chi connectivity index (χ4v) is 4.57. The second kappa shape index (κ2) is 7.86. The van der Waals surface area contributed by atoms with Gasteiger partial charge in [-0.25, -0.2) is 9.78 Å². The Hall–Kier alpha value is -2.76. The largest absolute Gasteiger partial charge is 0.462 e. The Balaban J connectivity index is 1.67. The van der Waals surface area contributed by atoms with E-state index in [4.69, 9.17) is 4.74 Å². The van der Waals surface area contributed by atoms with E-state index in [1.54, 1.807) is 28.7 Å². The molecule has 0 amide bonds. The predicted molar refractivity (Wildman–Crippen MR) is 114 cm³/mol. The summed E-state index contributed by atoms with van der Waals surface area (Å²) in [5.74, 6) is -0.318. The maximum atomic E-state index is 12.3. The molecule has 0 saturated heterocycles. The van der Waals surface area contributed by atoms with Crippen molar-refractivity contribution in [3.8, 4) is 9.75 Å². The molecule has 0 N–H and O–H groups in total. The highest BCUT2D eigenvalue weighted by molar-refractivity contribution is 7.21. The minimum atomic E-state index is -0.318. The maximum Gasteiger partial charge on any atom is 0.338 e. The van der Waals surface area contributed by atoms with Crippen LogP contribution in [0.1, 0.15) is 27.9 Å². The van der Waals surface area contributed by atoms with Crippen LogP contribution in [0.3, 0.4) is 0 Å². The van der Waals surface area contributed by atoms with Crippen molar-refractivity contribution in [2.75, 3.05) is 6.61 Å². The van der Waals surface area contributed by atoms with Gasteiger partial charge in [0.25, 0.3) is 0 Å². The molecule has 0 aliphatic rings. The summed E-state index contributed by atoms with van der Waals surface area (Å²) in [5.41, 5.74) is 2.07. The molecule has 3 heterocycles. The minimum absolute atomic E-state index is 0.318. The Morgan fingerprint density at radius 2 is 1.96 bits per heavy atom. The van der Waals surface area contributed by atoms with Crippen LogP contribution in [0.15, 0.2) is 60.0 Å². The molecule has 1 aromatic carbocycles. The number of carbonyl (C=O) groups excluding carboxylic acids is 1. The lowest BCUT2D eigenvalue weighted by Crippen LogP contribution is -2.06. The van der Waals surface area contributed by atoms with Gasteiger partial charge in [-0.15, -0.1) is 22.7 Å². The number of ether oxygens (including phenoxy) is 1. The molecular formula is C22H17NO2S2. The van der Waals surface area contributed by atoms with Crippen LogP contribution >= 0.6 is 22.7 Å². The second-order valence-electron chi connectivity index (χ2n) is 5.84. The highest BCUT2D eigenvalue weighted by Crippen LogP contribution is 2.32. The normalized spacial score (nSPS) is 11.3. The minimum Gasteiger partial charge on any atom is -0.462 e. The number of nitrogens with zero attached hydrogens (tertiary/aromatic N) is 1. The summed E-state index contributed by atoms with van der Waals surface area (Å²) in [7, 11) is 0. The van der Waals surface area contributed by atoms with Gasteiger partial charge < -0.3 is 4.74 Å². The summed E-state index contributed by atoms with van der Waals surface area (Å²) in [6.45, 7) is 2.16. The van der Waals surface area contributed by atoms with Crippen molar-refractivity contribution in [1.29, 1.82) is 0 Å². The molecule has 0 unspecified atom stereocenters. The Kier molecular flexibility index (Phi) is 5.14. The number of rotatable bonds is 5. The molecule has 0 saturated carbocycles. The van der Waals surface area contributed by atoms with Crippen molar-refractivity contribution in [2.24, 2.45) is 0 Å². The summed E-state index contributed by atoms with van der Waals surface area (Å²) in [4.78, 5) is 20.7. The molecule has 4 aromatic rings. The van der Waals surface area contributed by atoms with Crippen molar-refractivity contribution in [1.82, 2.24) is 4.98 Å². The second-order valence-corrected chi connectivity index (χ2v) is 7.91. The van der Waals surface area contributed by atoms with E-state index in [1.165, 1.54) is 9.75 Å². The fraction of sp³-hybridized carbons (Fsp3) is 0.0909. The van der Waals surface area contributed by atoms with Crippen LogP contribution in [0.25, 0.3) is 32.8 Å². The van der Waals surface area contributed by atoms with Crippen molar-refractivity contribution >= 4 is 51.7 Å². The summed E-state index contributed by atoms with van der Waals surface area (Å²) in [6, 6.07) is 17.8. The molecule has 4 rings (SSSR count). The van der Waals surface area contributed by atoms with E-state index in [-0.39, 0.29) is 5.97 Å². The lowest BCUT2D eigenvalue weighted by molar-refractivity contribution is 0.0528. The first-order valence-corrected chi connectivity index (χ1v) is 10.3. The van der Waals surface area contributed by atoms with E-state index in [1.807, 2.05) is 43.3 Å². The van der Waals surface area contributed by atoms with E-state index in [2.05, 4.69) is 34.6 Å². The van der Waals surface area contributed by atoms with Crippen LogP contribution in [0.4, 0.5) is 0 Å². The zero-order chi connectivity index (χ0) is 18.6. The van der Waals surface area contributed by atoms with Crippen molar-refractivity contribution < 1.29 is 9.53 Å². The third-order valence-corrected chi connectivity index (χ3v) is 6.16. The van der Waals surface area contributed by atoms with Gasteiger partial charge in [0, 0.05) is 20.0 Å². The van der Waals surface area contributed by atoms with Gasteiger partial charge in [-0.05, 0) is 54.8 Å². The van der Waals surface area contributed by atoms with Gasteiger partial charge in [0.05, 0.1) is 23.4 Å². The molecule has 0 aliphatic carbocycles. The highest BCUT2D eigenvalue weighted by atomic mass is 32.1. The topological polar surface area (TPSA) is 39.2 Å². The zero-order valence-corrected chi connectivity index (χ0v) is 16.3. The Morgan fingerprint density at radius 3 is 2.78 bits per heavy atom. The summed E-state index contributed by atoms with van der Waals surface area (Å²) >= 11 is 3.47. The number of aromatic nitrogens is 1. The third-order valence-electron chi connectivity index (χ3n) is 4.04. The highest BCUT2D eigenvalue weighted by Gasteiger charge is 2.13. The first kappa shape index (κ1) is 17.6. The number of para-hydroxylation sites is 1. The van der Waals surface area contributed by atoms with Gasteiger partial charge in [0.2, 0.25) is 0 Å². The van der Waals surface area contributed by atoms with Gasteiger partial charge in [-0.2, -0.15) is 0 Å². The number of hydrogen-bond donors (Lipinski definition) is 0. The molecule has 3 aromatic heterocycles. The van der Waals surface area contributed by atoms with E-state index in [9.17, 15) is 4.79 Å². The van der Waals surface area contributed by atoms with E-state index >= 15 is 0 Å². The van der Waals surface area contributed by atoms with Gasteiger partial charge >= 0.3 is 5.97 Å². The number of carbonyl (C=O) groups is 1. The molecule has 0 atom stereocenters. The van der Waals surface area contributed by atoms with Crippen LogP contribution in [-0.2, 0) is 4.74 Å². The zero-order valence-electron chi connectivity index (χ0n) is 14.7. The number of esters is 1. The van der Waals surface area contributed by atoms with Crippen LogP contribution in [0.2, 0.25) is 0 Å². The molecule has 0 radical (unpaired) electrons. The number of benzene rings is 1. The van der Waals surface area contributed by atoms with E-state index < -0.39 is 0 Å². The van der Waals surface area contributed by atoms with Crippen LogP contribution in [0.5, 0.6) is 0 Å². The van der Waals surface area contributed by atoms with Gasteiger partial charge in [0.1, 0.15) is 0 Å². The average Bonchev–Trinajstić information content (AvgIpc) is 3.37. The van der Waals surface area contributed by atoms with Gasteiger partial charge in [0.15, 0.2) is 0 Å². The molecule has 0 aliphatic heterocycles. The van der Waals surface area contributed by atoms with Crippen molar-refractivity contribution in [3.05, 3.63) is 76.1 Å². The summed E-state index contributed by atoms with van der Waals surface area (Å²) in [5, 5.41) is 2.89. The quantitative estimate of drug-likeness (QED) is 0.371. The molecule has 27 heavy (non-hydrogen) atoms. The number of fused-ring (bicyclic) bond motifs is 1. The van der Waals surface area contributed by atoms with Gasteiger partial charge in [-0.1, -0.05) is 24.3 Å². The average molecular weight is 392 g/mol. The van der Waals surface area contributed by atoms with E-state index in [0.29, 0.717) is 12.2 Å². The predicted octanol–water partition coefficient (Wildman–Crippen LogP) is 6.37. The standard InChI is InChI=1S/C22H17NO2S2/c1-2-25-22(24)18-14-15(23-19-7-4-3-6-17(18)19)9-10-16-11-12-21(27-16)20-8-5-13-26-20/h3-14H,2H2,1H3. The Bertz CT molecular complexity index is 1110. The lowest BCUT2D eigenvalue weighted by atomic mass is 10.1. The monoisotopic (exact) mass is 391 g/mol. The smallest absolute Gasteiger partial charge is 0.338 e. The van der Waals surface area contributed by atoms with Crippen LogP contribution in [-0.4, -0.2) is 17.6 Å².